The fourth-order valence-electron chi connectivity index (χ4n) is 6.93. The standard InChI is InChI=1S/C46H65ClN6O9/c1-25(2)37(48)42(57)51-27(4)40(55)49-23-28-14-17-30(18-15-28)39-38(62-39)26(3)34-12-11-13-36(54)52-32(21-29-16-19-35(60-10)31(47)20-29)41(56)50-24-46(8,9)44(59)53-33(43(58)61-34)22-45(5,6)7/h11,13-20,25-27,32-34,37-39H,12,21-24,48H2,1-10H3,(H,49,55)(H,50,56)(H,51,57)(H,52,54)(H,53,59)/b13-11+/t26-,27-,32+,33-,34-,37-,38+,39+/m0/s1. The van der Waals surface area contributed by atoms with Crippen LogP contribution in [0.5, 0.6) is 5.75 Å². The third kappa shape index (κ3) is 14.3. The fourth-order valence-corrected chi connectivity index (χ4v) is 7.21. The minimum absolute atomic E-state index is 0.0670. The lowest BCUT2D eigenvalue weighted by atomic mass is 9.86. The van der Waals surface area contributed by atoms with Crippen molar-refractivity contribution in [3.63, 3.8) is 0 Å². The van der Waals surface area contributed by atoms with Crippen LogP contribution in [0.3, 0.4) is 0 Å². The summed E-state index contributed by atoms with van der Waals surface area (Å²) in [7, 11) is 1.50. The molecule has 1 fully saturated rings. The SMILES string of the molecule is COc1ccc(C[C@H]2NC(=O)/C=C/C[C@@H]([C@H](C)[C@H]3O[C@@H]3c3ccc(CNC(=O)[C@H](C)NC(=O)[C@@H](N)C(C)C)cc3)OC(=O)[C@H](CC(C)(C)C)NC(=O)C(C)(C)CNC2=O)cc1Cl. The summed E-state index contributed by atoms with van der Waals surface area (Å²) >= 11 is 6.37. The summed E-state index contributed by atoms with van der Waals surface area (Å²) in [5.41, 5.74) is 6.78. The van der Waals surface area contributed by atoms with E-state index in [-0.39, 0.29) is 73.6 Å². The van der Waals surface area contributed by atoms with Gasteiger partial charge in [-0.2, -0.15) is 0 Å². The summed E-state index contributed by atoms with van der Waals surface area (Å²) in [6, 6.07) is 9.18. The molecule has 0 spiro atoms. The van der Waals surface area contributed by atoms with Gasteiger partial charge >= 0.3 is 5.97 Å². The molecule has 5 amide bonds. The Morgan fingerprint density at radius 1 is 0.968 bits per heavy atom. The van der Waals surface area contributed by atoms with Crippen molar-refractivity contribution in [3.8, 4) is 5.75 Å². The van der Waals surface area contributed by atoms with Gasteiger partial charge < -0.3 is 46.5 Å². The van der Waals surface area contributed by atoms with Gasteiger partial charge in [-0.25, -0.2) is 4.79 Å². The maximum Gasteiger partial charge on any atom is 0.328 e. The molecule has 2 aromatic carbocycles. The lowest BCUT2D eigenvalue weighted by Crippen LogP contribution is -2.54. The normalized spacial score (nSPS) is 24.3. The summed E-state index contributed by atoms with van der Waals surface area (Å²) in [4.78, 5) is 79.8. The number of carbonyl (C=O) groups excluding carboxylic acids is 6. The summed E-state index contributed by atoms with van der Waals surface area (Å²) < 4.78 is 17.6. The Labute approximate surface area is 370 Å². The second-order valence-corrected chi connectivity index (χ2v) is 19.0. The monoisotopic (exact) mass is 880 g/mol. The highest BCUT2D eigenvalue weighted by molar-refractivity contribution is 6.32. The second-order valence-electron chi connectivity index (χ2n) is 18.6. The predicted molar refractivity (Wildman–Crippen MR) is 236 cm³/mol. The van der Waals surface area contributed by atoms with Crippen LogP contribution in [0.1, 0.15) is 97.9 Å². The van der Waals surface area contributed by atoms with E-state index in [2.05, 4.69) is 26.6 Å². The van der Waals surface area contributed by atoms with Crippen molar-refractivity contribution < 1.29 is 43.0 Å². The Morgan fingerprint density at radius 3 is 2.24 bits per heavy atom. The molecule has 62 heavy (non-hydrogen) atoms. The van der Waals surface area contributed by atoms with Crippen LogP contribution in [0.4, 0.5) is 0 Å². The molecule has 2 heterocycles. The van der Waals surface area contributed by atoms with Gasteiger partial charge in [0.15, 0.2) is 0 Å². The van der Waals surface area contributed by atoms with Crippen LogP contribution in [0.2, 0.25) is 5.02 Å². The first-order valence-corrected chi connectivity index (χ1v) is 21.5. The van der Waals surface area contributed by atoms with E-state index in [1.54, 1.807) is 45.0 Å². The Bertz CT molecular complexity index is 1960. The Morgan fingerprint density at radius 2 is 1.63 bits per heavy atom. The lowest BCUT2D eigenvalue weighted by molar-refractivity contribution is -0.157. The third-order valence-corrected chi connectivity index (χ3v) is 11.4. The number of halogens is 1. The van der Waals surface area contributed by atoms with E-state index >= 15 is 0 Å². The van der Waals surface area contributed by atoms with E-state index in [4.69, 9.17) is 31.5 Å². The van der Waals surface area contributed by atoms with Gasteiger partial charge in [-0.3, -0.25) is 24.0 Å². The van der Waals surface area contributed by atoms with E-state index in [9.17, 15) is 28.8 Å². The van der Waals surface area contributed by atoms with Gasteiger partial charge in [-0.05, 0) is 73.4 Å². The number of methoxy groups -OCH3 is 1. The molecule has 15 nitrogen and oxygen atoms in total. The Balaban J connectivity index is 1.51. The molecule has 16 heteroatoms. The zero-order chi connectivity index (χ0) is 46.1. The molecule has 8 atom stereocenters. The van der Waals surface area contributed by atoms with Gasteiger partial charge in [0.2, 0.25) is 29.5 Å². The van der Waals surface area contributed by atoms with Gasteiger partial charge in [-0.1, -0.05) is 89.6 Å². The average Bonchev–Trinajstić information content (AvgIpc) is 4.01. The van der Waals surface area contributed by atoms with Crippen LogP contribution in [0, 0.1) is 22.7 Å². The van der Waals surface area contributed by atoms with Crippen molar-refractivity contribution in [1.82, 2.24) is 26.6 Å². The van der Waals surface area contributed by atoms with Crippen molar-refractivity contribution in [2.75, 3.05) is 13.7 Å². The number of cyclic esters (lactones) is 1. The van der Waals surface area contributed by atoms with Gasteiger partial charge in [0.1, 0.15) is 36.1 Å². The molecule has 340 valence electrons. The Kier molecular flexibility index (Phi) is 17.1. The molecule has 1 saturated heterocycles. The highest BCUT2D eigenvalue weighted by Crippen LogP contribution is 2.45. The first kappa shape index (κ1) is 49.7. The summed E-state index contributed by atoms with van der Waals surface area (Å²) in [5.74, 6) is -2.79. The van der Waals surface area contributed by atoms with Gasteiger partial charge in [0.05, 0.1) is 29.7 Å². The summed E-state index contributed by atoms with van der Waals surface area (Å²) in [5, 5.41) is 14.4. The number of esters is 1. The number of ether oxygens (including phenoxy) is 3. The number of nitrogens with two attached hydrogens (primary N) is 1. The van der Waals surface area contributed by atoms with E-state index < -0.39 is 59.4 Å². The van der Waals surface area contributed by atoms with Crippen molar-refractivity contribution in [1.29, 1.82) is 0 Å². The van der Waals surface area contributed by atoms with Gasteiger partial charge in [0, 0.05) is 31.8 Å². The summed E-state index contributed by atoms with van der Waals surface area (Å²) in [6.45, 7) is 16.5. The molecule has 0 aromatic heterocycles. The van der Waals surface area contributed by atoms with E-state index in [0.29, 0.717) is 16.3 Å². The second kappa shape index (κ2) is 21.4. The molecule has 0 radical (unpaired) electrons. The highest BCUT2D eigenvalue weighted by atomic mass is 35.5. The maximum absolute atomic E-state index is 14.0. The maximum atomic E-state index is 14.0. The quantitative estimate of drug-likeness (QED) is 0.125. The fraction of sp³-hybridized carbons (Fsp3) is 0.565. The van der Waals surface area contributed by atoms with Gasteiger partial charge in [0.25, 0.3) is 0 Å². The van der Waals surface area contributed by atoms with Crippen molar-refractivity contribution >= 4 is 47.1 Å². The van der Waals surface area contributed by atoms with Crippen LogP contribution >= 0.6 is 11.6 Å². The number of carbonyl (C=O) groups is 6. The number of hydrogen-bond acceptors (Lipinski definition) is 10. The third-order valence-electron chi connectivity index (χ3n) is 11.1. The molecule has 0 bridgehead atoms. The molecule has 7 N–H and O–H groups in total. The highest BCUT2D eigenvalue weighted by Gasteiger charge is 2.48. The number of amides is 5. The van der Waals surface area contributed by atoms with Gasteiger partial charge in [-0.15, -0.1) is 0 Å². The number of nitrogens with one attached hydrogen (secondary N) is 5. The lowest BCUT2D eigenvalue weighted by Gasteiger charge is -2.32. The Hall–Kier alpha value is -4.99. The number of hydrogen-bond donors (Lipinski definition) is 6. The van der Waals surface area contributed by atoms with Crippen LogP contribution in [-0.4, -0.2) is 85.5 Å². The number of epoxide rings is 1. The molecule has 2 aromatic rings. The van der Waals surface area contributed by atoms with E-state index in [1.165, 1.54) is 13.2 Å². The van der Waals surface area contributed by atoms with Crippen LogP contribution in [0.25, 0.3) is 0 Å². The zero-order valence-electron chi connectivity index (χ0n) is 37.6. The van der Waals surface area contributed by atoms with Crippen molar-refractivity contribution in [3.05, 3.63) is 76.3 Å². The molecule has 2 aliphatic rings. The average molecular weight is 882 g/mol. The molecular formula is C46H65ClN6O9. The smallest absolute Gasteiger partial charge is 0.328 e. The molecule has 0 saturated carbocycles. The predicted octanol–water partition coefficient (Wildman–Crippen LogP) is 4.19. The van der Waals surface area contributed by atoms with Crippen molar-refractivity contribution in [2.45, 2.75) is 131 Å². The zero-order valence-corrected chi connectivity index (χ0v) is 38.3. The first-order chi connectivity index (χ1) is 29.0. The van der Waals surface area contributed by atoms with E-state index in [0.717, 1.165) is 11.1 Å². The topological polar surface area (TPSA) is 220 Å². The minimum Gasteiger partial charge on any atom is -0.495 e. The molecule has 0 aliphatic carbocycles. The molecular weight excluding hydrogens is 816 g/mol. The van der Waals surface area contributed by atoms with Crippen LogP contribution < -0.4 is 37.1 Å². The first-order valence-electron chi connectivity index (χ1n) is 21.2. The molecule has 4 rings (SSSR count). The number of benzene rings is 2. The number of rotatable bonds is 13. The molecule has 2 aliphatic heterocycles. The van der Waals surface area contributed by atoms with Crippen LogP contribution in [-0.2, 0) is 51.2 Å². The molecule has 0 unspecified atom stereocenters. The largest absolute Gasteiger partial charge is 0.495 e. The van der Waals surface area contributed by atoms with E-state index in [1.807, 2.05) is 65.8 Å². The summed E-state index contributed by atoms with van der Waals surface area (Å²) in [6.07, 6.45) is 2.04. The van der Waals surface area contributed by atoms with Crippen molar-refractivity contribution in [2.24, 2.45) is 28.4 Å². The minimum atomic E-state index is -1.15. The van der Waals surface area contributed by atoms with Crippen LogP contribution in [0.15, 0.2) is 54.6 Å².